The smallest absolute Gasteiger partial charge is 0.245 e. The summed E-state index contributed by atoms with van der Waals surface area (Å²) in [5.41, 5.74) is 0. The van der Waals surface area contributed by atoms with E-state index in [2.05, 4.69) is 49.4 Å². The van der Waals surface area contributed by atoms with Gasteiger partial charge in [-0.1, -0.05) is 12.8 Å². The van der Waals surface area contributed by atoms with Crippen molar-refractivity contribution in [2.24, 2.45) is 0 Å². The zero-order valence-corrected chi connectivity index (χ0v) is 20.3. The highest BCUT2D eigenvalue weighted by Crippen LogP contribution is 2.02. The first kappa shape index (κ1) is 31.2. The lowest BCUT2D eigenvalue weighted by molar-refractivity contribution is -0.131. The Morgan fingerprint density at radius 3 is 1.88 bits per heavy atom. The number of carbonyl (C=O) groups is 6. The van der Waals surface area contributed by atoms with E-state index in [4.69, 9.17) is 0 Å². The summed E-state index contributed by atoms with van der Waals surface area (Å²) in [6, 6.07) is -1.65. The molecule has 8 N–H and O–H groups in total. The Morgan fingerprint density at radius 1 is 0.765 bits per heavy atom. The number of amides is 5. The number of rotatable bonds is 18. The van der Waals surface area contributed by atoms with E-state index in [0.29, 0.717) is 25.8 Å². The molecule has 0 aromatic rings. The van der Waals surface area contributed by atoms with Crippen LogP contribution in [-0.4, -0.2) is 98.9 Å². The molecule has 0 rings (SSSR count). The van der Waals surface area contributed by atoms with Gasteiger partial charge >= 0.3 is 0 Å². The summed E-state index contributed by atoms with van der Waals surface area (Å²) in [6.45, 7) is -0.0202. The normalized spacial score (nSPS) is 12.1. The maximum Gasteiger partial charge on any atom is 0.245 e. The van der Waals surface area contributed by atoms with Crippen molar-refractivity contribution in [3.05, 3.63) is 0 Å². The zero-order chi connectivity index (χ0) is 25.9. The lowest BCUT2D eigenvalue weighted by atomic mass is 10.1. The Labute approximate surface area is 203 Å². The minimum absolute atomic E-state index is 0.0139. The van der Waals surface area contributed by atoms with Gasteiger partial charge in [0.15, 0.2) is 0 Å². The third-order valence-electron chi connectivity index (χ3n) is 4.38. The zero-order valence-electron chi connectivity index (χ0n) is 19.4. The molecule has 0 aromatic carbocycles. The standard InChI is InChI=1S/C19H35N7O7S/c1-12(28)13(26-34)5-3-4-6-21-16(30)8-22-17(31)9-24-19(33)14(11-27)25-18(32)10-23-15(29)7-20-2/h13-14,20,26-27,34H,3-11H2,1-2H3,(H,21,30)(H,22,31)(H,23,29)(H,24,33)(H,25,32). The van der Waals surface area contributed by atoms with E-state index in [1.165, 1.54) is 6.92 Å². The predicted octanol–water partition coefficient (Wildman–Crippen LogP) is -4.29. The van der Waals surface area contributed by atoms with Gasteiger partial charge in [0.05, 0.1) is 38.8 Å². The molecule has 0 fully saturated rings. The summed E-state index contributed by atoms with van der Waals surface area (Å²) in [5, 5.41) is 23.6. The van der Waals surface area contributed by atoms with Crippen LogP contribution in [0, 0.1) is 0 Å². The second kappa shape index (κ2) is 18.7. The first-order chi connectivity index (χ1) is 16.1. The highest BCUT2D eigenvalue weighted by molar-refractivity contribution is 7.78. The van der Waals surface area contributed by atoms with E-state index in [-0.39, 0.29) is 31.5 Å². The monoisotopic (exact) mass is 505 g/mol. The summed E-state index contributed by atoms with van der Waals surface area (Å²) in [6.07, 6.45) is 1.93. The van der Waals surface area contributed by atoms with Crippen LogP contribution in [0.1, 0.15) is 26.2 Å². The van der Waals surface area contributed by atoms with Gasteiger partial charge in [-0.25, -0.2) is 0 Å². The van der Waals surface area contributed by atoms with Gasteiger partial charge in [-0.3, -0.25) is 33.5 Å². The molecule has 0 saturated heterocycles. The summed E-state index contributed by atoms with van der Waals surface area (Å²) in [5.74, 6) is -3.01. The molecule has 15 heteroatoms. The van der Waals surface area contributed by atoms with Crippen molar-refractivity contribution >= 4 is 48.1 Å². The largest absolute Gasteiger partial charge is 0.394 e. The van der Waals surface area contributed by atoms with Crippen molar-refractivity contribution in [1.82, 2.24) is 36.6 Å². The highest BCUT2D eigenvalue weighted by atomic mass is 32.1. The average molecular weight is 506 g/mol. The van der Waals surface area contributed by atoms with Crippen molar-refractivity contribution in [1.29, 1.82) is 0 Å². The molecule has 194 valence electrons. The second-order valence-electron chi connectivity index (χ2n) is 7.24. The average Bonchev–Trinajstić information content (AvgIpc) is 2.80. The number of aliphatic hydroxyl groups excluding tert-OH is 1. The van der Waals surface area contributed by atoms with Crippen LogP contribution in [0.15, 0.2) is 0 Å². The number of nitrogens with one attached hydrogen (secondary N) is 7. The van der Waals surface area contributed by atoms with Gasteiger partial charge in [0.1, 0.15) is 11.8 Å². The van der Waals surface area contributed by atoms with Crippen molar-refractivity contribution in [2.75, 3.05) is 46.4 Å². The van der Waals surface area contributed by atoms with E-state index in [9.17, 15) is 33.9 Å². The van der Waals surface area contributed by atoms with Crippen molar-refractivity contribution < 1.29 is 33.9 Å². The Morgan fingerprint density at radius 2 is 1.32 bits per heavy atom. The number of hydrogen-bond donors (Lipinski definition) is 9. The molecular formula is C19H35N7O7S. The summed E-state index contributed by atoms with van der Waals surface area (Å²) < 4.78 is 2.62. The van der Waals surface area contributed by atoms with Crippen molar-refractivity contribution in [3.63, 3.8) is 0 Å². The maximum absolute atomic E-state index is 12.0. The molecule has 0 heterocycles. The molecule has 2 unspecified atom stereocenters. The van der Waals surface area contributed by atoms with Crippen molar-refractivity contribution in [2.45, 2.75) is 38.3 Å². The van der Waals surface area contributed by atoms with Crippen LogP contribution in [-0.2, 0) is 28.8 Å². The lowest BCUT2D eigenvalue weighted by Gasteiger charge is -2.16. The Hall–Kier alpha value is -2.75. The van der Waals surface area contributed by atoms with Gasteiger partial charge in [0.2, 0.25) is 29.5 Å². The van der Waals surface area contributed by atoms with Gasteiger partial charge in [0.25, 0.3) is 0 Å². The van der Waals surface area contributed by atoms with E-state index in [1.54, 1.807) is 7.05 Å². The Balaban J connectivity index is 4.09. The molecule has 0 radical (unpaired) electrons. The van der Waals surface area contributed by atoms with Crippen LogP contribution in [0.3, 0.4) is 0 Å². The topological polar surface area (TPSA) is 207 Å². The molecule has 0 spiro atoms. The molecule has 0 aliphatic rings. The molecular weight excluding hydrogens is 470 g/mol. The summed E-state index contributed by atoms with van der Waals surface area (Å²) in [4.78, 5) is 69.9. The van der Waals surface area contributed by atoms with E-state index < -0.39 is 48.7 Å². The third-order valence-corrected chi connectivity index (χ3v) is 4.69. The minimum atomic E-state index is -1.31. The number of Topliss-reactive ketones (excluding diaryl/α,β-unsaturated/α-hetero) is 1. The molecule has 0 bridgehead atoms. The SMILES string of the molecule is CNCC(=O)NCC(=O)NC(CO)C(=O)NCC(=O)NCC(=O)NCCCCC(NS)C(C)=O. The minimum Gasteiger partial charge on any atom is -0.394 e. The van der Waals surface area contributed by atoms with Crippen LogP contribution in [0.2, 0.25) is 0 Å². The van der Waals surface area contributed by atoms with Gasteiger partial charge in [-0.15, -0.1) is 0 Å². The van der Waals surface area contributed by atoms with Gasteiger partial charge in [0, 0.05) is 6.54 Å². The highest BCUT2D eigenvalue weighted by Gasteiger charge is 2.20. The number of ketones is 1. The quantitative estimate of drug-likeness (QED) is 0.0651. The van der Waals surface area contributed by atoms with E-state index >= 15 is 0 Å². The summed E-state index contributed by atoms with van der Waals surface area (Å²) >= 11 is 3.89. The van der Waals surface area contributed by atoms with Crippen LogP contribution in [0.4, 0.5) is 0 Å². The number of carbonyl (C=O) groups excluding carboxylic acids is 6. The van der Waals surface area contributed by atoms with Gasteiger partial charge in [-0.2, -0.15) is 0 Å². The van der Waals surface area contributed by atoms with E-state index in [0.717, 1.165) is 0 Å². The lowest BCUT2D eigenvalue weighted by Crippen LogP contribution is -2.53. The van der Waals surface area contributed by atoms with Crippen LogP contribution in [0.25, 0.3) is 0 Å². The third kappa shape index (κ3) is 15.2. The van der Waals surface area contributed by atoms with Crippen LogP contribution < -0.4 is 36.6 Å². The molecule has 0 aliphatic carbocycles. The van der Waals surface area contributed by atoms with Crippen LogP contribution >= 0.6 is 12.8 Å². The fraction of sp³-hybridized carbons (Fsp3) is 0.684. The first-order valence-electron chi connectivity index (χ1n) is 10.7. The number of hydrogen-bond acceptors (Lipinski definition) is 10. The molecule has 34 heavy (non-hydrogen) atoms. The van der Waals surface area contributed by atoms with Crippen LogP contribution in [0.5, 0.6) is 0 Å². The molecule has 0 saturated carbocycles. The summed E-state index contributed by atoms with van der Waals surface area (Å²) in [7, 11) is 1.56. The second-order valence-corrected chi connectivity index (χ2v) is 7.50. The maximum atomic E-state index is 12.0. The molecule has 14 nitrogen and oxygen atoms in total. The van der Waals surface area contributed by atoms with Gasteiger partial charge < -0.3 is 37.0 Å². The fourth-order valence-corrected chi connectivity index (χ4v) is 2.81. The molecule has 0 aliphatic heterocycles. The number of thiol groups is 1. The number of aliphatic hydroxyl groups is 1. The molecule has 0 aromatic heterocycles. The van der Waals surface area contributed by atoms with Gasteiger partial charge in [-0.05, 0) is 33.2 Å². The van der Waals surface area contributed by atoms with E-state index in [1.807, 2.05) is 0 Å². The number of likely N-dealkylation sites (N-methyl/N-ethyl adjacent to an activating group) is 1. The first-order valence-corrected chi connectivity index (χ1v) is 11.1. The molecule has 5 amide bonds. The van der Waals surface area contributed by atoms with Crippen molar-refractivity contribution in [3.8, 4) is 0 Å². The molecule has 2 atom stereocenters. The Bertz CT molecular complexity index is 708. The fourth-order valence-electron chi connectivity index (χ4n) is 2.50. The predicted molar refractivity (Wildman–Crippen MR) is 125 cm³/mol. The number of unbranched alkanes of at least 4 members (excludes halogenated alkanes) is 1. The Kier molecular flexibility index (Phi) is 17.1.